The molecule has 0 aromatic carbocycles. The Hall–Kier alpha value is -0.500. The molecule has 0 amide bonds. The summed E-state index contributed by atoms with van der Waals surface area (Å²) in [4.78, 5) is 0.352. The molecule has 0 saturated carbocycles. The van der Waals surface area contributed by atoms with Gasteiger partial charge in [0.1, 0.15) is 4.90 Å². The smallest absolute Gasteiger partial charge is 0.244 e. The molecular formula is C13H23N3O2S2. The van der Waals surface area contributed by atoms with E-state index in [2.05, 4.69) is 13.8 Å². The van der Waals surface area contributed by atoms with Crippen molar-refractivity contribution in [3.63, 3.8) is 0 Å². The van der Waals surface area contributed by atoms with E-state index in [9.17, 15) is 8.42 Å². The number of aryl methyl sites for hydroxylation is 1. The third kappa shape index (κ3) is 3.21. The molecular weight excluding hydrogens is 294 g/mol. The largest absolute Gasteiger partial charge is 0.352 e. The van der Waals surface area contributed by atoms with Gasteiger partial charge < -0.3 is 10.3 Å². The molecule has 7 heteroatoms. The summed E-state index contributed by atoms with van der Waals surface area (Å²) >= 11 is 1.84. The van der Waals surface area contributed by atoms with Crippen molar-refractivity contribution in [3.05, 3.63) is 18.0 Å². The van der Waals surface area contributed by atoms with E-state index in [1.165, 1.54) is 0 Å². The Balaban J connectivity index is 2.25. The maximum absolute atomic E-state index is 12.7. The van der Waals surface area contributed by atoms with Gasteiger partial charge in [0.2, 0.25) is 10.0 Å². The van der Waals surface area contributed by atoms with Crippen LogP contribution in [0.5, 0.6) is 0 Å². The number of nitrogens with zero attached hydrogens (tertiary/aromatic N) is 2. The van der Waals surface area contributed by atoms with Crippen molar-refractivity contribution in [2.24, 2.45) is 12.8 Å². The highest BCUT2D eigenvalue weighted by molar-refractivity contribution is 8.00. The molecule has 1 fully saturated rings. The lowest BCUT2D eigenvalue weighted by Gasteiger charge is -2.22. The Morgan fingerprint density at radius 3 is 2.70 bits per heavy atom. The van der Waals surface area contributed by atoms with Crippen LogP contribution < -0.4 is 5.73 Å². The van der Waals surface area contributed by atoms with Crippen molar-refractivity contribution in [3.8, 4) is 0 Å². The molecule has 114 valence electrons. The van der Waals surface area contributed by atoms with Crippen molar-refractivity contribution in [1.82, 2.24) is 8.87 Å². The second-order valence-electron chi connectivity index (χ2n) is 5.74. The third-order valence-electron chi connectivity index (χ3n) is 3.73. The summed E-state index contributed by atoms with van der Waals surface area (Å²) in [5.41, 5.74) is 6.44. The van der Waals surface area contributed by atoms with Gasteiger partial charge in [-0.05, 0) is 12.5 Å². The van der Waals surface area contributed by atoms with Gasteiger partial charge in [-0.15, -0.1) is 0 Å². The summed E-state index contributed by atoms with van der Waals surface area (Å²) in [6, 6.07) is 1.68. The zero-order valence-corrected chi connectivity index (χ0v) is 13.9. The number of nitrogens with two attached hydrogens (primary N) is 1. The van der Waals surface area contributed by atoms with Gasteiger partial charge in [-0.3, -0.25) is 0 Å². The molecule has 1 aliphatic rings. The molecule has 1 saturated heterocycles. The zero-order valence-electron chi connectivity index (χ0n) is 12.3. The van der Waals surface area contributed by atoms with Crippen molar-refractivity contribution >= 4 is 21.8 Å². The molecule has 2 rings (SSSR count). The molecule has 0 radical (unpaired) electrons. The number of sulfonamides is 1. The normalized spacial score (nSPS) is 20.8. The van der Waals surface area contributed by atoms with Gasteiger partial charge in [-0.2, -0.15) is 16.1 Å². The van der Waals surface area contributed by atoms with Gasteiger partial charge in [0.05, 0.1) is 0 Å². The quantitative estimate of drug-likeness (QED) is 0.915. The van der Waals surface area contributed by atoms with Gasteiger partial charge in [0.15, 0.2) is 0 Å². The van der Waals surface area contributed by atoms with E-state index >= 15 is 0 Å². The molecule has 2 heterocycles. The molecule has 0 spiro atoms. The van der Waals surface area contributed by atoms with E-state index in [0.29, 0.717) is 24.5 Å². The van der Waals surface area contributed by atoms with Crippen molar-refractivity contribution < 1.29 is 8.42 Å². The Bertz CT molecular complexity index is 578. The number of hydrogen-bond donors (Lipinski definition) is 1. The van der Waals surface area contributed by atoms with Crippen LogP contribution in [0.15, 0.2) is 17.2 Å². The van der Waals surface area contributed by atoms with Crippen LogP contribution in [-0.2, 0) is 23.6 Å². The second-order valence-corrected chi connectivity index (χ2v) is 9.48. The number of rotatable bonds is 3. The van der Waals surface area contributed by atoms with E-state index in [1.54, 1.807) is 21.1 Å². The summed E-state index contributed by atoms with van der Waals surface area (Å²) in [6.07, 6.45) is 2.52. The molecule has 0 aliphatic carbocycles. The zero-order chi connectivity index (χ0) is 15.0. The number of aromatic nitrogens is 1. The molecule has 5 nitrogen and oxygen atoms in total. The summed E-state index contributed by atoms with van der Waals surface area (Å²) in [6.45, 7) is 5.83. The van der Waals surface area contributed by atoms with Crippen LogP contribution in [0.25, 0.3) is 0 Å². The molecule has 0 unspecified atom stereocenters. The van der Waals surface area contributed by atoms with Crippen LogP contribution in [0.3, 0.4) is 0 Å². The average molecular weight is 317 g/mol. The van der Waals surface area contributed by atoms with Crippen molar-refractivity contribution in [2.75, 3.05) is 18.8 Å². The number of hydrogen-bond acceptors (Lipinski definition) is 4. The lowest BCUT2D eigenvalue weighted by Crippen LogP contribution is -2.33. The summed E-state index contributed by atoms with van der Waals surface area (Å²) in [5, 5.41) is 0. The highest BCUT2D eigenvalue weighted by Crippen LogP contribution is 2.32. The highest BCUT2D eigenvalue weighted by Gasteiger charge is 2.31. The van der Waals surface area contributed by atoms with Gasteiger partial charge in [-0.25, -0.2) is 8.42 Å². The predicted octanol–water partition coefficient (Wildman–Crippen LogP) is 1.39. The minimum absolute atomic E-state index is 0.142. The lowest BCUT2D eigenvalue weighted by atomic mass is 10.1. The summed E-state index contributed by atoms with van der Waals surface area (Å²) < 4.78 is 28.9. The van der Waals surface area contributed by atoms with Crippen LogP contribution in [0.2, 0.25) is 0 Å². The second kappa shape index (κ2) is 5.71. The highest BCUT2D eigenvalue weighted by atomic mass is 32.2. The minimum atomic E-state index is -3.40. The van der Waals surface area contributed by atoms with Crippen LogP contribution in [0.1, 0.15) is 26.0 Å². The molecule has 0 bridgehead atoms. The average Bonchev–Trinajstić information content (AvgIpc) is 2.64. The number of thioether (sulfide) groups is 1. The van der Waals surface area contributed by atoms with Crippen molar-refractivity contribution in [2.45, 2.75) is 36.5 Å². The van der Waals surface area contributed by atoms with Crippen LogP contribution >= 0.6 is 11.8 Å². The monoisotopic (exact) mass is 317 g/mol. The summed E-state index contributed by atoms with van der Waals surface area (Å²) in [5.74, 6) is 0.836. The third-order valence-corrected chi connectivity index (χ3v) is 6.96. The molecule has 1 aliphatic heterocycles. The topological polar surface area (TPSA) is 68.3 Å². The van der Waals surface area contributed by atoms with Crippen LogP contribution in [0, 0.1) is 0 Å². The fourth-order valence-corrected chi connectivity index (χ4v) is 5.07. The first-order valence-corrected chi connectivity index (χ1v) is 9.18. The first-order valence-electron chi connectivity index (χ1n) is 6.76. The van der Waals surface area contributed by atoms with E-state index in [-0.39, 0.29) is 4.75 Å². The molecule has 1 aromatic rings. The fraction of sp³-hybridized carbons (Fsp3) is 0.692. The van der Waals surface area contributed by atoms with Crippen LogP contribution in [0.4, 0.5) is 0 Å². The lowest BCUT2D eigenvalue weighted by molar-refractivity contribution is 0.415. The standard InChI is InChI=1S/C13H23N3O2S2/c1-13(2)4-5-16(6-7-19-13)20(17,18)12-8-11(9-14)15(3)10-12/h8,10H,4-7,9,14H2,1-3H3. The minimum Gasteiger partial charge on any atom is -0.352 e. The fourth-order valence-electron chi connectivity index (χ4n) is 2.31. The maximum atomic E-state index is 12.7. The van der Waals surface area contributed by atoms with E-state index in [1.807, 2.05) is 18.8 Å². The van der Waals surface area contributed by atoms with Gasteiger partial charge in [0.25, 0.3) is 0 Å². The molecule has 20 heavy (non-hydrogen) atoms. The van der Waals surface area contributed by atoms with E-state index in [4.69, 9.17) is 5.73 Å². The van der Waals surface area contributed by atoms with E-state index < -0.39 is 10.0 Å². The Kier molecular flexibility index (Phi) is 4.53. The van der Waals surface area contributed by atoms with Gasteiger partial charge >= 0.3 is 0 Å². The van der Waals surface area contributed by atoms with Crippen LogP contribution in [-0.4, -0.2) is 40.9 Å². The summed E-state index contributed by atoms with van der Waals surface area (Å²) in [7, 11) is -1.58. The molecule has 1 aromatic heterocycles. The van der Waals surface area contributed by atoms with Gasteiger partial charge in [-0.1, -0.05) is 13.8 Å². The Morgan fingerprint density at radius 1 is 1.40 bits per heavy atom. The first-order chi connectivity index (χ1) is 9.26. The molecule has 0 atom stereocenters. The first kappa shape index (κ1) is 15.9. The molecule has 2 N–H and O–H groups in total. The Morgan fingerprint density at radius 2 is 2.10 bits per heavy atom. The van der Waals surface area contributed by atoms with Gasteiger partial charge in [0, 0.05) is 49.1 Å². The van der Waals surface area contributed by atoms with Crippen molar-refractivity contribution in [1.29, 1.82) is 0 Å². The van der Waals surface area contributed by atoms with E-state index in [0.717, 1.165) is 17.9 Å². The Labute approximate surface area is 125 Å². The predicted molar refractivity (Wildman–Crippen MR) is 83.2 cm³/mol. The maximum Gasteiger partial charge on any atom is 0.244 e. The SMILES string of the molecule is Cn1cc(S(=O)(=O)N2CCSC(C)(C)CC2)cc1CN.